The second kappa shape index (κ2) is 43.0. The van der Waals surface area contributed by atoms with Gasteiger partial charge in [0, 0.05) is 51.6 Å². The quantitative estimate of drug-likeness (QED) is 0.0405. The number of rotatable bonds is 49. The van der Waals surface area contributed by atoms with Crippen LogP contribution in [0, 0.1) is 5.92 Å². The van der Waals surface area contributed by atoms with Gasteiger partial charge >= 0.3 is 23.9 Å². The molecule has 3 atom stereocenters. The molecule has 0 radical (unpaired) electrons. The van der Waals surface area contributed by atoms with Crippen molar-refractivity contribution in [2.24, 2.45) is 5.92 Å². The Morgan fingerprint density at radius 2 is 0.812 bits per heavy atom. The standard InChI is InChI=1S/C47H80N4O18/c1-35(52)18-20-38(46(62)63)51-42(56)22-19-36(45(60)61)32-37(53)33-68-30-28-67-27-25-49-43(57)34-69-31-29-66-26-24-48-40(54)23-21-39(47(64)65)50-41(55)16-14-12-10-8-6-4-2-3-5-7-9-11-13-15-17-44(58)59/h36,38-39H,2-34H2,1H3,(H,48,54)(H,49,57)(H,50,55)(H,51,56)(H,58,59)(H,60,61)(H,62,63)(H,64,65)/t36-,38+,39+/m1/s1. The second-order valence-electron chi connectivity index (χ2n) is 16.9. The number of carboxylic acid groups (broad SMARTS) is 4. The van der Waals surface area contributed by atoms with Crippen molar-refractivity contribution in [3.8, 4) is 0 Å². The minimum absolute atomic E-state index is 0.0154. The fourth-order valence-electron chi connectivity index (χ4n) is 6.76. The first-order valence-corrected chi connectivity index (χ1v) is 24.4. The minimum Gasteiger partial charge on any atom is -0.481 e. The van der Waals surface area contributed by atoms with Gasteiger partial charge in [0.25, 0.3) is 0 Å². The lowest BCUT2D eigenvalue weighted by Gasteiger charge is -2.15. The fraction of sp³-hybridized carbons (Fsp3) is 0.787. The highest BCUT2D eigenvalue weighted by molar-refractivity contribution is 5.87. The smallest absolute Gasteiger partial charge is 0.326 e. The van der Waals surface area contributed by atoms with Gasteiger partial charge in [0.1, 0.15) is 31.1 Å². The number of amides is 4. The summed E-state index contributed by atoms with van der Waals surface area (Å²) in [6, 6.07) is -2.46. The Hall–Kier alpha value is -5.06. The summed E-state index contributed by atoms with van der Waals surface area (Å²) in [4.78, 5) is 117. The van der Waals surface area contributed by atoms with Crippen LogP contribution in [0.25, 0.3) is 0 Å². The van der Waals surface area contributed by atoms with E-state index in [0.29, 0.717) is 6.42 Å². The zero-order valence-corrected chi connectivity index (χ0v) is 40.6. The summed E-state index contributed by atoms with van der Waals surface area (Å²) < 4.78 is 21.2. The molecule has 0 heterocycles. The van der Waals surface area contributed by atoms with E-state index in [1.165, 1.54) is 39.0 Å². The molecule has 4 amide bonds. The van der Waals surface area contributed by atoms with Gasteiger partial charge in [0.15, 0.2) is 5.78 Å². The maximum atomic E-state index is 12.3. The van der Waals surface area contributed by atoms with Crippen molar-refractivity contribution in [2.75, 3.05) is 65.9 Å². The van der Waals surface area contributed by atoms with Crippen LogP contribution in [0.2, 0.25) is 0 Å². The predicted octanol–water partition coefficient (Wildman–Crippen LogP) is 3.34. The molecule has 8 N–H and O–H groups in total. The van der Waals surface area contributed by atoms with Crippen LogP contribution >= 0.6 is 0 Å². The molecule has 396 valence electrons. The maximum absolute atomic E-state index is 12.3. The Labute approximate surface area is 405 Å². The average Bonchev–Trinajstić information content (AvgIpc) is 3.28. The first-order valence-electron chi connectivity index (χ1n) is 24.4. The number of aliphatic carboxylic acids is 4. The van der Waals surface area contributed by atoms with Crippen molar-refractivity contribution in [3.63, 3.8) is 0 Å². The molecule has 0 aliphatic rings. The van der Waals surface area contributed by atoms with E-state index in [9.17, 15) is 63.3 Å². The molecule has 0 saturated carbocycles. The average molecular weight is 989 g/mol. The van der Waals surface area contributed by atoms with Crippen molar-refractivity contribution in [3.05, 3.63) is 0 Å². The molecular formula is C47H80N4O18. The SMILES string of the molecule is CC(=O)CC[C@H](NC(=O)CC[C@H](CC(=O)COCCOCCNC(=O)COCCOCCNC(=O)CC[C@H](NC(=O)CCCCCCCCCCCCCCCCC(=O)O)C(=O)O)C(=O)O)C(=O)O. The third-order valence-corrected chi connectivity index (χ3v) is 10.7. The second-order valence-corrected chi connectivity index (χ2v) is 16.9. The number of carbonyl (C=O) groups is 10. The zero-order valence-electron chi connectivity index (χ0n) is 40.6. The molecule has 0 aliphatic heterocycles. The van der Waals surface area contributed by atoms with Gasteiger partial charge in [-0.05, 0) is 39.0 Å². The van der Waals surface area contributed by atoms with E-state index in [1.54, 1.807) is 0 Å². The normalized spacial score (nSPS) is 12.3. The van der Waals surface area contributed by atoms with E-state index in [4.69, 9.17) is 24.1 Å². The summed E-state index contributed by atoms with van der Waals surface area (Å²) in [6.45, 7) is 1.65. The maximum Gasteiger partial charge on any atom is 0.326 e. The van der Waals surface area contributed by atoms with Crippen molar-refractivity contribution in [1.82, 2.24) is 21.3 Å². The van der Waals surface area contributed by atoms with Crippen molar-refractivity contribution in [2.45, 2.75) is 167 Å². The molecule has 69 heavy (non-hydrogen) atoms. The summed E-state index contributed by atoms with van der Waals surface area (Å²) in [5, 5.41) is 46.9. The van der Waals surface area contributed by atoms with E-state index in [-0.39, 0.29) is 135 Å². The molecule has 0 spiro atoms. The highest BCUT2D eigenvalue weighted by Crippen LogP contribution is 2.15. The number of hydrogen-bond donors (Lipinski definition) is 8. The van der Waals surface area contributed by atoms with Gasteiger partial charge in [-0.15, -0.1) is 0 Å². The molecule has 0 fully saturated rings. The number of carbonyl (C=O) groups excluding carboxylic acids is 6. The number of ether oxygens (including phenoxy) is 4. The van der Waals surface area contributed by atoms with E-state index in [0.717, 1.165) is 51.4 Å². The van der Waals surface area contributed by atoms with Gasteiger partial charge in [0.2, 0.25) is 23.6 Å². The van der Waals surface area contributed by atoms with Crippen LogP contribution in [-0.4, -0.2) is 158 Å². The highest BCUT2D eigenvalue weighted by atomic mass is 16.5. The molecule has 0 aromatic carbocycles. The topological polar surface area (TPSA) is 337 Å². The molecule has 0 saturated heterocycles. The summed E-state index contributed by atoms with van der Waals surface area (Å²) in [5.41, 5.74) is 0. The zero-order chi connectivity index (χ0) is 51.5. The number of unbranched alkanes of at least 4 members (excludes halogenated alkanes) is 13. The largest absolute Gasteiger partial charge is 0.481 e. The lowest BCUT2D eigenvalue weighted by molar-refractivity contribution is -0.145. The van der Waals surface area contributed by atoms with Crippen molar-refractivity contribution in [1.29, 1.82) is 0 Å². The van der Waals surface area contributed by atoms with Crippen LogP contribution in [0.1, 0.15) is 155 Å². The molecule has 22 nitrogen and oxygen atoms in total. The van der Waals surface area contributed by atoms with Crippen molar-refractivity contribution >= 4 is 59.1 Å². The fourth-order valence-corrected chi connectivity index (χ4v) is 6.76. The predicted molar refractivity (Wildman–Crippen MR) is 249 cm³/mol. The van der Waals surface area contributed by atoms with Gasteiger partial charge in [-0.3, -0.25) is 33.6 Å². The number of ketones is 2. The Kier molecular flexibility index (Phi) is 39.8. The van der Waals surface area contributed by atoms with Gasteiger partial charge in [-0.1, -0.05) is 77.0 Å². The lowest BCUT2D eigenvalue weighted by atomic mass is 9.97. The van der Waals surface area contributed by atoms with Crippen molar-refractivity contribution < 1.29 is 87.3 Å². The highest BCUT2D eigenvalue weighted by Gasteiger charge is 2.25. The Morgan fingerprint density at radius 3 is 1.28 bits per heavy atom. The Morgan fingerprint density at radius 1 is 0.406 bits per heavy atom. The Bertz CT molecular complexity index is 1530. The summed E-state index contributed by atoms with van der Waals surface area (Å²) in [7, 11) is 0. The minimum atomic E-state index is -1.32. The number of Topliss-reactive ketones (excluding diaryl/α,β-unsaturated/α-hetero) is 2. The van der Waals surface area contributed by atoms with Gasteiger partial charge < -0.3 is 65.4 Å². The molecule has 0 unspecified atom stereocenters. The van der Waals surface area contributed by atoms with Gasteiger partial charge in [-0.2, -0.15) is 0 Å². The molecule has 0 bridgehead atoms. The molecule has 0 aliphatic carbocycles. The summed E-state index contributed by atoms with van der Waals surface area (Å²) in [6.07, 6.45) is 14.1. The van der Waals surface area contributed by atoms with Crippen LogP contribution in [-0.2, 0) is 66.9 Å². The van der Waals surface area contributed by atoms with E-state index in [2.05, 4.69) is 21.3 Å². The first kappa shape index (κ1) is 63.9. The van der Waals surface area contributed by atoms with E-state index in [1.807, 2.05) is 0 Å². The molecule has 0 rings (SSSR count). The third-order valence-electron chi connectivity index (χ3n) is 10.7. The van der Waals surface area contributed by atoms with Gasteiger partial charge in [0.05, 0.1) is 45.6 Å². The van der Waals surface area contributed by atoms with Crippen LogP contribution in [0.5, 0.6) is 0 Å². The van der Waals surface area contributed by atoms with Crippen LogP contribution in [0.15, 0.2) is 0 Å². The summed E-state index contributed by atoms with van der Waals surface area (Å²) >= 11 is 0. The number of hydrogen-bond acceptors (Lipinski definition) is 14. The molecular weight excluding hydrogens is 909 g/mol. The van der Waals surface area contributed by atoms with Crippen LogP contribution in [0.3, 0.4) is 0 Å². The van der Waals surface area contributed by atoms with E-state index >= 15 is 0 Å². The molecule has 0 aromatic heterocycles. The van der Waals surface area contributed by atoms with E-state index < -0.39 is 65.9 Å². The Balaban J connectivity index is 3.85. The number of nitrogens with one attached hydrogen (secondary N) is 4. The van der Waals surface area contributed by atoms with Crippen LogP contribution < -0.4 is 21.3 Å². The lowest BCUT2D eigenvalue weighted by Crippen LogP contribution is -2.41. The van der Waals surface area contributed by atoms with Crippen LogP contribution in [0.4, 0.5) is 0 Å². The first-order chi connectivity index (χ1) is 33.0. The van der Waals surface area contributed by atoms with Gasteiger partial charge in [-0.25, -0.2) is 9.59 Å². The third kappa shape index (κ3) is 41.6. The monoisotopic (exact) mass is 989 g/mol. The summed E-state index contributed by atoms with van der Waals surface area (Å²) in [5.74, 6) is -8.34. The molecule has 0 aromatic rings. The number of carboxylic acids is 4. The molecule has 22 heteroatoms.